The van der Waals surface area contributed by atoms with Gasteiger partial charge in [0.05, 0.1) is 0 Å². The normalized spacial score (nSPS) is 11.1. The van der Waals surface area contributed by atoms with E-state index < -0.39 is 5.97 Å². The van der Waals surface area contributed by atoms with E-state index in [0.717, 1.165) is 11.4 Å². The highest BCUT2D eigenvalue weighted by Gasteiger charge is 2.15. The number of pyridine rings is 1. The van der Waals surface area contributed by atoms with Crippen molar-refractivity contribution in [2.75, 3.05) is 11.9 Å². The van der Waals surface area contributed by atoms with E-state index in [0.29, 0.717) is 0 Å². The minimum atomic E-state index is -0.871. The van der Waals surface area contributed by atoms with Crippen molar-refractivity contribution in [2.24, 2.45) is 0 Å². The Balaban J connectivity index is 2.79. The molecule has 0 aliphatic carbocycles. The minimum absolute atomic E-state index is 0.0269. The quantitative estimate of drug-likeness (QED) is 0.796. The molecule has 15 heavy (non-hydrogen) atoms. The Morgan fingerprint density at radius 2 is 2.20 bits per heavy atom. The second-order valence-corrected chi connectivity index (χ2v) is 4.43. The summed E-state index contributed by atoms with van der Waals surface area (Å²) in [6, 6.07) is 3.64. The molecule has 0 aliphatic heterocycles. The van der Waals surface area contributed by atoms with E-state index in [9.17, 15) is 4.79 Å². The highest BCUT2D eigenvalue weighted by molar-refractivity contribution is 5.72. The van der Waals surface area contributed by atoms with Crippen LogP contribution in [0.2, 0.25) is 0 Å². The van der Waals surface area contributed by atoms with E-state index >= 15 is 0 Å². The van der Waals surface area contributed by atoms with Gasteiger partial charge in [-0.3, -0.25) is 9.78 Å². The molecule has 82 valence electrons. The average molecular weight is 208 g/mol. The second-order valence-electron chi connectivity index (χ2n) is 4.43. The summed E-state index contributed by atoms with van der Waals surface area (Å²) in [5.74, 6) is -0.871. The molecule has 0 saturated heterocycles. The molecule has 4 heteroatoms. The second kappa shape index (κ2) is 4.29. The lowest BCUT2D eigenvalue weighted by molar-refractivity contribution is -0.134. The van der Waals surface area contributed by atoms with Gasteiger partial charge in [0.15, 0.2) is 0 Å². The minimum Gasteiger partial charge on any atom is -0.480 e. The number of carboxylic acids is 1. The van der Waals surface area contributed by atoms with Gasteiger partial charge in [0, 0.05) is 23.0 Å². The summed E-state index contributed by atoms with van der Waals surface area (Å²) in [6.07, 6.45) is 1.69. The van der Waals surface area contributed by atoms with Crippen molar-refractivity contribution in [3.05, 3.63) is 24.0 Å². The Morgan fingerprint density at radius 3 is 2.73 bits per heavy atom. The van der Waals surface area contributed by atoms with E-state index in [2.05, 4.69) is 31.1 Å². The molecule has 0 spiro atoms. The summed E-state index contributed by atoms with van der Waals surface area (Å²) < 4.78 is 0. The van der Waals surface area contributed by atoms with Crippen LogP contribution in [-0.2, 0) is 10.2 Å². The Kier molecular flexibility index (Phi) is 3.29. The zero-order valence-corrected chi connectivity index (χ0v) is 9.24. The van der Waals surface area contributed by atoms with Crippen LogP contribution < -0.4 is 5.32 Å². The number of carboxylic acid groups (broad SMARTS) is 1. The number of nitrogens with one attached hydrogen (secondary N) is 1. The molecule has 0 bridgehead atoms. The number of hydrogen-bond donors (Lipinski definition) is 2. The van der Waals surface area contributed by atoms with Crippen LogP contribution in [0.1, 0.15) is 26.5 Å². The molecule has 1 aromatic rings. The maximum absolute atomic E-state index is 10.4. The summed E-state index contributed by atoms with van der Waals surface area (Å²) in [5.41, 5.74) is 1.70. The largest absolute Gasteiger partial charge is 0.480 e. The highest BCUT2D eigenvalue weighted by atomic mass is 16.4. The van der Waals surface area contributed by atoms with Gasteiger partial charge in [-0.2, -0.15) is 0 Å². The molecule has 1 rings (SSSR count). The number of rotatable bonds is 3. The molecule has 0 fully saturated rings. The third-order valence-electron chi connectivity index (χ3n) is 1.97. The highest BCUT2D eigenvalue weighted by Crippen LogP contribution is 2.21. The van der Waals surface area contributed by atoms with E-state index in [4.69, 9.17) is 5.11 Å². The Bertz CT molecular complexity index is 356. The molecule has 0 aliphatic rings. The molecular formula is C11H16N2O2. The van der Waals surface area contributed by atoms with Crippen LogP contribution in [0, 0.1) is 0 Å². The molecule has 0 saturated carbocycles. The summed E-state index contributed by atoms with van der Waals surface area (Å²) in [4.78, 5) is 14.6. The zero-order chi connectivity index (χ0) is 11.5. The van der Waals surface area contributed by atoms with Crippen molar-refractivity contribution < 1.29 is 9.90 Å². The third kappa shape index (κ3) is 3.58. The van der Waals surface area contributed by atoms with Crippen LogP contribution >= 0.6 is 0 Å². The van der Waals surface area contributed by atoms with E-state index in [1.807, 2.05) is 6.07 Å². The zero-order valence-electron chi connectivity index (χ0n) is 9.24. The summed E-state index contributed by atoms with van der Waals surface area (Å²) in [7, 11) is 0. The Hall–Kier alpha value is -1.58. The van der Waals surface area contributed by atoms with Gasteiger partial charge in [0.1, 0.15) is 6.54 Å². The van der Waals surface area contributed by atoms with Gasteiger partial charge < -0.3 is 10.4 Å². The summed E-state index contributed by atoms with van der Waals surface area (Å²) >= 11 is 0. The predicted octanol–water partition coefficient (Wildman–Crippen LogP) is 1.88. The van der Waals surface area contributed by atoms with Crippen molar-refractivity contribution >= 4 is 11.7 Å². The van der Waals surface area contributed by atoms with Crippen molar-refractivity contribution in [1.29, 1.82) is 0 Å². The van der Waals surface area contributed by atoms with E-state index in [1.165, 1.54) is 0 Å². The smallest absolute Gasteiger partial charge is 0.322 e. The monoisotopic (exact) mass is 208 g/mol. The predicted molar refractivity (Wildman–Crippen MR) is 59.1 cm³/mol. The van der Waals surface area contributed by atoms with Gasteiger partial charge in [-0.1, -0.05) is 20.8 Å². The number of aromatic nitrogens is 1. The number of nitrogens with zero attached hydrogens (tertiary/aromatic N) is 1. The maximum Gasteiger partial charge on any atom is 0.322 e. The Morgan fingerprint density at radius 1 is 1.53 bits per heavy atom. The van der Waals surface area contributed by atoms with Crippen LogP contribution in [0.15, 0.2) is 18.3 Å². The molecule has 1 heterocycles. The van der Waals surface area contributed by atoms with Gasteiger partial charge in [-0.25, -0.2) is 0 Å². The molecule has 1 aromatic heterocycles. The van der Waals surface area contributed by atoms with Gasteiger partial charge >= 0.3 is 5.97 Å². The van der Waals surface area contributed by atoms with Crippen molar-refractivity contribution in [3.8, 4) is 0 Å². The standard InChI is InChI=1S/C11H16N2O2/c1-11(2,3)9-6-8(4-5-12-9)13-7-10(14)15/h4-6H,7H2,1-3H3,(H,12,13)(H,14,15). The first-order valence-electron chi connectivity index (χ1n) is 4.82. The summed E-state index contributed by atoms with van der Waals surface area (Å²) in [5, 5.41) is 11.3. The SMILES string of the molecule is CC(C)(C)c1cc(NCC(=O)O)ccn1. The van der Waals surface area contributed by atoms with Crippen LogP contribution in [0.5, 0.6) is 0 Å². The first kappa shape index (κ1) is 11.5. The van der Waals surface area contributed by atoms with Gasteiger partial charge in [-0.05, 0) is 12.1 Å². The Labute approximate surface area is 89.3 Å². The van der Waals surface area contributed by atoms with E-state index in [1.54, 1.807) is 12.3 Å². The third-order valence-corrected chi connectivity index (χ3v) is 1.97. The molecule has 4 nitrogen and oxygen atoms in total. The molecule has 2 N–H and O–H groups in total. The van der Waals surface area contributed by atoms with Gasteiger partial charge in [-0.15, -0.1) is 0 Å². The van der Waals surface area contributed by atoms with Crippen LogP contribution in [0.25, 0.3) is 0 Å². The number of aliphatic carboxylic acids is 1. The van der Waals surface area contributed by atoms with Crippen molar-refractivity contribution in [2.45, 2.75) is 26.2 Å². The lowest BCUT2D eigenvalue weighted by Gasteiger charge is -2.18. The van der Waals surface area contributed by atoms with Gasteiger partial charge in [0.25, 0.3) is 0 Å². The summed E-state index contributed by atoms with van der Waals surface area (Å²) in [6.45, 7) is 6.12. The fourth-order valence-corrected chi connectivity index (χ4v) is 1.13. The fourth-order valence-electron chi connectivity index (χ4n) is 1.13. The average Bonchev–Trinajstić information content (AvgIpc) is 2.14. The lowest BCUT2D eigenvalue weighted by atomic mass is 9.91. The maximum atomic E-state index is 10.4. The molecular weight excluding hydrogens is 192 g/mol. The number of anilines is 1. The lowest BCUT2D eigenvalue weighted by Crippen LogP contribution is -2.16. The first-order chi connectivity index (χ1) is 6.89. The molecule has 0 unspecified atom stereocenters. The van der Waals surface area contributed by atoms with Crippen molar-refractivity contribution in [3.63, 3.8) is 0 Å². The van der Waals surface area contributed by atoms with Gasteiger partial charge in [0.2, 0.25) is 0 Å². The molecule has 0 aromatic carbocycles. The molecule has 0 radical (unpaired) electrons. The van der Waals surface area contributed by atoms with Crippen LogP contribution in [-0.4, -0.2) is 22.6 Å². The van der Waals surface area contributed by atoms with E-state index in [-0.39, 0.29) is 12.0 Å². The van der Waals surface area contributed by atoms with Crippen LogP contribution in [0.4, 0.5) is 5.69 Å². The number of carbonyl (C=O) groups is 1. The topological polar surface area (TPSA) is 62.2 Å². The fraction of sp³-hybridized carbons (Fsp3) is 0.455. The molecule has 0 atom stereocenters. The molecule has 0 amide bonds. The van der Waals surface area contributed by atoms with Crippen LogP contribution in [0.3, 0.4) is 0 Å². The number of hydrogen-bond acceptors (Lipinski definition) is 3. The van der Waals surface area contributed by atoms with Crippen molar-refractivity contribution in [1.82, 2.24) is 4.98 Å². The first-order valence-corrected chi connectivity index (χ1v) is 4.82.